The molecule has 150 valence electrons. The van der Waals surface area contributed by atoms with E-state index in [0.29, 0.717) is 0 Å². The molecule has 0 atom stereocenters. The highest BCUT2D eigenvalue weighted by molar-refractivity contribution is 7.99. The minimum Gasteiger partial charge on any atom is -0.497 e. The molecule has 4 aromatic carbocycles. The third-order valence-electron chi connectivity index (χ3n) is 4.71. The van der Waals surface area contributed by atoms with Gasteiger partial charge in [0.2, 0.25) is 0 Å². The van der Waals surface area contributed by atoms with Crippen molar-refractivity contribution in [3.8, 4) is 22.6 Å². The largest absolute Gasteiger partial charge is 0.497 e. The molecular weight excluding hydrogens is 390 g/mol. The van der Waals surface area contributed by atoms with Gasteiger partial charge in [0.25, 0.3) is 0 Å². The summed E-state index contributed by atoms with van der Waals surface area (Å²) in [5.74, 6) is 1.67. The maximum Gasteiger partial charge on any atom is 0.135 e. The van der Waals surface area contributed by atoms with Gasteiger partial charge in [0.15, 0.2) is 0 Å². The minimum atomic E-state index is 0.829. The molecule has 4 heteroatoms. The molecule has 0 fully saturated rings. The van der Waals surface area contributed by atoms with Crippen LogP contribution in [0.1, 0.15) is 0 Å². The van der Waals surface area contributed by atoms with Gasteiger partial charge in [0.1, 0.15) is 11.5 Å². The van der Waals surface area contributed by atoms with Crippen molar-refractivity contribution in [3.05, 3.63) is 97.1 Å². The van der Waals surface area contributed by atoms with E-state index in [1.165, 1.54) is 0 Å². The van der Waals surface area contributed by atoms with Crippen molar-refractivity contribution < 1.29 is 9.47 Å². The molecule has 0 unspecified atom stereocenters. The number of hydrogen-bond acceptors (Lipinski definition) is 4. The first-order chi connectivity index (χ1) is 14.8. The normalized spacial score (nSPS) is 10.5. The molecule has 0 heterocycles. The average Bonchev–Trinajstić information content (AvgIpc) is 2.81. The number of anilines is 2. The Kier molecular flexibility index (Phi) is 6.26. The molecule has 3 nitrogen and oxygen atoms in total. The molecule has 0 spiro atoms. The van der Waals surface area contributed by atoms with E-state index in [-0.39, 0.29) is 0 Å². The lowest BCUT2D eigenvalue weighted by Crippen LogP contribution is -1.97. The van der Waals surface area contributed by atoms with Crippen molar-refractivity contribution in [2.24, 2.45) is 0 Å². The van der Waals surface area contributed by atoms with Crippen LogP contribution in [-0.2, 0) is 0 Å². The van der Waals surface area contributed by atoms with Crippen LogP contribution in [0.4, 0.5) is 11.4 Å². The van der Waals surface area contributed by atoms with Crippen LogP contribution in [0.3, 0.4) is 0 Å². The molecule has 4 aromatic rings. The summed E-state index contributed by atoms with van der Waals surface area (Å²) in [5.41, 5.74) is 4.20. The topological polar surface area (TPSA) is 30.5 Å². The smallest absolute Gasteiger partial charge is 0.135 e. The second-order valence-electron chi connectivity index (χ2n) is 6.69. The highest BCUT2D eigenvalue weighted by Crippen LogP contribution is 2.44. The Labute approximate surface area is 181 Å². The van der Waals surface area contributed by atoms with E-state index < -0.39 is 0 Å². The van der Waals surface area contributed by atoms with Crippen molar-refractivity contribution >= 4 is 23.1 Å². The first kappa shape index (κ1) is 19.9. The molecule has 0 aromatic heterocycles. The first-order valence-corrected chi connectivity index (χ1v) is 10.5. The Morgan fingerprint density at radius 1 is 0.667 bits per heavy atom. The van der Waals surface area contributed by atoms with Crippen LogP contribution in [0, 0.1) is 0 Å². The molecule has 0 saturated carbocycles. The fourth-order valence-electron chi connectivity index (χ4n) is 3.19. The Bertz CT molecular complexity index is 1100. The van der Waals surface area contributed by atoms with Crippen molar-refractivity contribution in [2.45, 2.75) is 9.79 Å². The van der Waals surface area contributed by atoms with Crippen LogP contribution in [0.25, 0.3) is 11.1 Å². The van der Waals surface area contributed by atoms with Crippen LogP contribution in [0.2, 0.25) is 0 Å². The van der Waals surface area contributed by atoms with Gasteiger partial charge in [-0.05, 0) is 59.7 Å². The quantitative estimate of drug-likeness (QED) is 0.345. The Morgan fingerprint density at radius 2 is 1.33 bits per heavy atom. The summed E-state index contributed by atoms with van der Waals surface area (Å²) in [5, 5.41) is 3.57. The summed E-state index contributed by atoms with van der Waals surface area (Å²) in [6.45, 7) is 0. The number of benzene rings is 4. The van der Waals surface area contributed by atoms with E-state index in [1.807, 2.05) is 48.5 Å². The molecule has 0 bridgehead atoms. The molecule has 1 N–H and O–H groups in total. The van der Waals surface area contributed by atoms with Gasteiger partial charge in [-0.1, -0.05) is 60.3 Å². The van der Waals surface area contributed by atoms with E-state index in [2.05, 4.69) is 53.8 Å². The van der Waals surface area contributed by atoms with Gasteiger partial charge in [0.05, 0.1) is 24.8 Å². The predicted molar refractivity (Wildman–Crippen MR) is 125 cm³/mol. The molecule has 4 rings (SSSR count). The van der Waals surface area contributed by atoms with Crippen LogP contribution in [0.5, 0.6) is 11.5 Å². The lowest BCUT2D eigenvalue weighted by atomic mass is 10.0. The second-order valence-corrected chi connectivity index (χ2v) is 7.77. The zero-order valence-corrected chi connectivity index (χ0v) is 17.8. The molecule has 0 aliphatic carbocycles. The van der Waals surface area contributed by atoms with Crippen molar-refractivity contribution in [1.29, 1.82) is 0 Å². The van der Waals surface area contributed by atoms with Crippen molar-refractivity contribution in [3.63, 3.8) is 0 Å². The van der Waals surface area contributed by atoms with Gasteiger partial charge >= 0.3 is 0 Å². The molecule has 0 aliphatic heterocycles. The van der Waals surface area contributed by atoms with Crippen molar-refractivity contribution in [1.82, 2.24) is 0 Å². The molecule has 30 heavy (non-hydrogen) atoms. The Hall–Kier alpha value is -3.37. The van der Waals surface area contributed by atoms with Gasteiger partial charge < -0.3 is 14.8 Å². The lowest BCUT2D eigenvalue weighted by molar-refractivity contribution is 0.405. The fourth-order valence-corrected chi connectivity index (χ4v) is 4.18. The summed E-state index contributed by atoms with van der Waals surface area (Å²) < 4.78 is 11.1. The van der Waals surface area contributed by atoms with Crippen LogP contribution < -0.4 is 14.8 Å². The number of para-hydroxylation sites is 1. The lowest BCUT2D eigenvalue weighted by Gasteiger charge is -2.18. The number of methoxy groups -OCH3 is 2. The van der Waals surface area contributed by atoms with Gasteiger partial charge in [-0.2, -0.15) is 0 Å². The second kappa shape index (κ2) is 9.42. The number of rotatable bonds is 7. The predicted octanol–water partition coefficient (Wildman–Crippen LogP) is 7.27. The van der Waals surface area contributed by atoms with Gasteiger partial charge in [-0.25, -0.2) is 0 Å². The third kappa shape index (κ3) is 4.61. The van der Waals surface area contributed by atoms with Crippen LogP contribution in [-0.4, -0.2) is 14.2 Å². The van der Waals surface area contributed by atoms with Crippen molar-refractivity contribution in [2.75, 3.05) is 19.5 Å². The van der Waals surface area contributed by atoms with Gasteiger partial charge in [0, 0.05) is 10.6 Å². The molecule has 0 radical (unpaired) electrons. The Morgan fingerprint density at radius 3 is 1.97 bits per heavy atom. The third-order valence-corrected chi connectivity index (χ3v) is 5.85. The minimum absolute atomic E-state index is 0.829. The summed E-state index contributed by atoms with van der Waals surface area (Å²) in [6.07, 6.45) is 0. The standard InChI is InChI=1S/C26H23NO2S/c1-28-22-15-13-19(14-16-22)20-17-24(27-21-9-5-3-6-10-21)26(25(18-20)29-2)30-23-11-7-4-8-12-23/h3-18,27H,1-2H3. The van der Waals surface area contributed by atoms with Crippen LogP contribution >= 0.6 is 11.8 Å². The monoisotopic (exact) mass is 413 g/mol. The van der Waals surface area contributed by atoms with Gasteiger partial charge in [-0.15, -0.1) is 0 Å². The molecule has 0 aliphatic rings. The number of hydrogen-bond donors (Lipinski definition) is 1. The van der Waals surface area contributed by atoms with E-state index in [1.54, 1.807) is 26.0 Å². The maximum atomic E-state index is 5.82. The van der Waals surface area contributed by atoms with Gasteiger partial charge in [-0.3, -0.25) is 0 Å². The SMILES string of the molecule is COc1ccc(-c2cc(Nc3ccccc3)c(Sc3ccccc3)c(OC)c2)cc1. The summed E-state index contributed by atoms with van der Waals surface area (Å²) in [7, 11) is 3.39. The highest BCUT2D eigenvalue weighted by atomic mass is 32.2. The highest BCUT2D eigenvalue weighted by Gasteiger charge is 2.15. The fraction of sp³-hybridized carbons (Fsp3) is 0.0769. The van der Waals surface area contributed by atoms with E-state index >= 15 is 0 Å². The zero-order valence-electron chi connectivity index (χ0n) is 17.0. The van der Waals surface area contributed by atoms with E-state index in [9.17, 15) is 0 Å². The van der Waals surface area contributed by atoms with Crippen LogP contribution in [0.15, 0.2) is 107 Å². The number of nitrogens with one attached hydrogen (secondary N) is 1. The molecule has 0 saturated heterocycles. The number of ether oxygens (including phenoxy) is 2. The zero-order chi connectivity index (χ0) is 20.8. The summed E-state index contributed by atoms with van der Waals surface area (Å²) in [4.78, 5) is 2.20. The summed E-state index contributed by atoms with van der Waals surface area (Å²) in [6, 6.07) is 32.8. The molecule has 0 amide bonds. The van der Waals surface area contributed by atoms with E-state index in [0.717, 1.165) is 43.8 Å². The maximum absolute atomic E-state index is 5.82. The molecular formula is C26H23NO2S. The summed E-state index contributed by atoms with van der Waals surface area (Å²) >= 11 is 1.69. The first-order valence-electron chi connectivity index (χ1n) is 9.68. The average molecular weight is 414 g/mol. The van der Waals surface area contributed by atoms with E-state index in [4.69, 9.17) is 9.47 Å². The Balaban J connectivity index is 1.80.